The molecule has 0 spiro atoms. The van der Waals surface area contributed by atoms with E-state index in [1.807, 2.05) is 31.2 Å². The Morgan fingerprint density at radius 2 is 1.74 bits per heavy atom. The van der Waals surface area contributed by atoms with Crippen LogP contribution in [0.15, 0.2) is 42.5 Å². The molecule has 0 fully saturated rings. The fourth-order valence-corrected chi connectivity index (χ4v) is 1.74. The highest BCUT2D eigenvalue weighted by Gasteiger charge is 2.01. The van der Waals surface area contributed by atoms with E-state index in [0.717, 1.165) is 29.4 Å². The first-order chi connectivity index (χ1) is 9.15. The van der Waals surface area contributed by atoms with Gasteiger partial charge in [0, 0.05) is 30.4 Å². The van der Waals surface area contributed by atoms with Gasteiger partial charge in [0.1, 0.15) is 24.0 Å². The highest BCUT2D eigenvalue weighted by atomic mass is 19.1. The quantitative estimate of drug-likeness (QED) is 0.829. The molecule has 0 saturated heterocycles. The van der Waals surface area contributed by atoms with Crippen LogP contribution >= 0.6 is 0 Å². The zero-order valence-corrected chi connectivity index (χ0v) is 10.6. The summed E-state index contributed by atoms with van der Waals surface area (Å²) in [5, 5.41) is 3.20. The van der Waals surface area contributed by atoms with Crippen LogP contribution in [-0.4, -0.2) is 13.2 Å². The minimum absolute atomic E-state index is 0.198. The van der Waals surface area contributed by atoms with E-state index in [1.54, 1.807) is 0 Å². The second-order valence-corrected chi connectivity index (χ2v) is 4.20. The van der Waals surface area contributed by atoms with E-state index in [9.17, 15) is 8.78 Å². The Kier molecular flexibility index (Phi) is 4.34. The maximum atomic E-state index is 12.9. The summed E-state index contributed by atoms with van der Waals surface area (Å²) in [7, 11) is 0. The van der Waals surface area contributed by atoms with E-state index in [1.165, 1.54) is 0 Å². The summed E-state index contributed by atoms with van der Waals surface area (Å²) in [4.78, 5) is 0. The highest BCUT2D eigenvalue weighted by Crippen LogP contribution is 2.16. The maximum Gasteiger partial charge on any atom is 0.129 e. The molecule has 0 saturated carbocycles. The van der Waals surface area contributed by atoms with Crippen LogP contribution in [0.3, 0.4) is 0 Å². The lowest BCUT2D eigenvalue weighted by molar-refractivity contribution is 0.328. The van der Waals surface area contributed by atoms with Crippen LogP contribution in [0.2, 0.25) is 0 Å². The summed E-state index contributed by atoms with van der Waals surface area (Å²) in [5.41, 5.74) is 2.16. The molecule has 1 N–H and O–H groups in total. The minimum atomic E-state index is -0.637. The third-order valence-electron chi connectivity index (χ3n) is 2.67. The van der Waals surface area contributed by atoms with Gasteiger partial charge >= 0.3 is 0 Å². The molecule has 0 heterocycles. The van der Waals surface area contributed by atoms with Crippen LogP contribution in [0.4, 0.5) is 14.5 Å². The van der Waals surface area contributed by atoms with Crippen molar-refractivity contribution in [2.75, 3.05) is 18.5 Å². The lowest BCUT2D eigenvalue weighted by Gasteiger charge is -2.10. The standard InChI is InChI=1S/C15H15F2NO/c1-11-4-2-3-5-15(11)18-6-7-19-14-9-12(16)8-13(17)10-14/h2-5,8-10,18H,6-7H2,1H3. The summed E-state index contributed by atoms with van der Waals surface area (Å²) >= 11 is 0. The zero-order chi connectivity index (χ0) is 13.7. The van der Waals surface area contributed by atoms with Crippen LogP contribution in [0.25, 0.3) is 0 Å². The third kappa shape index (κ3) is 3.95. The van der Waals surface area contributed by atoms with Crippen molar-refractivity contribution in [3.8, 4) is 5.75 Å². The van der Waals surface area contributed by atoms with Crippen molar-refractivity contribution in [1.82, 2.24) is 0 Å². The Morgan fingerprint density at radius 3 is 2.42 bits per heavy atom. The largest absolute Gasteiger partial charge is 0.492 e. The van der Waals surface area contributed by atoms with Gasteiger partial charge in [-0.1, -0.05) is 18.2 Å². The van der Waals surface area contributed by atoms with E-state index >= 15 is 0 Å². The number of halogens is 2. The number of hydrogen-bond donors (Lipinski definition) is 1. The van der Waals surface area contributed by atoms with Crippen molar-refractivity contribution >= 4 is 5.69 Å². The average molecular weight is 263 g/mol. The molecule has 0 aliphatic heterocycles. The molecule has 0 aliphatic carbocycles. The summed E-state index contributed by atoms with van der Waals surface area (Å²) in [5.74, 6) is -1.08. The van der Waals surface area contributed by atoms with Gasteiger partial charge in [0.2, 0.25) is 0 Å². The van der Waals surface area contributed by atoms with Crippen molar-refractivity contribution in [2.45, 2.75) is 6.92 Å². The fourth-order valence-electron chi connectivity index (χ4n) is 1.74. The van der Waals surface area contributed by atoms with Gasteiger partial charge in [-0.2, -0.15) is 0 Å². The Bertz CT molecular complexity index is 537. The Morgan fingerprint density at radius 1 is 1.05 bits per heavy atom. The zero-order valence-electron chi connectivity index (χ0n) is 10.6. The average Bonchev–Trinajstić information content (AvgIpc) is 2.35. The van der Waals surface area contributed by atoms with E-state index < -0.39 is 11.6 Å². The molecule has 19 heavy (non-hydrogen) atoms. The topological polar surface area (TPSA) is 21.3 Å². The summed E-state index contributed by atoms with van der Waals surface area (Å²) in [6, 6.07) is 11.0. The monoisotopic (exact) mass is 263 g/mol. The van der Waals surface area contributed by atoms with Gasteiger partial charge in [-0.3, -0.25) is 0 Å². The minimum Gasteiger partial charge on any atom is -0.492 e. The second-order valence-electron chi connectivity index (χ2n) is 4.20. The number of para-hydroxylation sites is 1. The molecule has 0 aliphatic rings. The summed E-state index contributed by atoms with van der Waals surface area (Å²) in [6.07, 6.45) is 0. The number of rotatable bonds is 5. The van der Waals surface area contributed by atoms with E-state index in [4.69, 9.17) is 4.74 Å². The Balaban J connectivity index is 1.82. The van der Waals surface area contributed by atoms with Crippen molar-refractivity contribution in [3.05, 3.63) is 59.7 Å². The molecule has 2 rings (SSSR count). The number of benzene rings is 2. The summed E-state index contributed by atoms with van der Waals surface area (Å²) in [6.45, 7) is 2.89. The van der Waals surface area contributed by atoms with Crippen LogP contribution in [0.5, 0.6) is 5.75 Å². The molecule has 0 radical (unpaired) electrons. The molecule has 100 valence electrons. The lowest BCUT2D eigenvalue weighted by atomic mass is 10.2. The maximum absolute atomic E-state index is 12.9. The number of aryl methyl sites for hydroxylation is 1. The molecule has 2 aromatic rings. The number of ether oxygens (including phenoxy) is 1. The fraction of sp³-hybridized carbons (Fsp3) is 0.200. The van der Waals surface area contributed by atoms with Gasteiger partial charge in [0.25, 0.3) is 0 Å². The molecule has 2 aromatic carbocycles. The smallest absolute Gasteiger partial charge is 0.129 e. The molecule has 0 unspecified atom stereocenters. The van der Waals surface area contributed by atoms with Gasteiger partial charge in [-0.15, -0.1) is 0 Å². The third-order valence-corrected chi connectivity index (χ3v) is 2.67. The van der Waals surface area contributed by atoms with Gasteiger partial charge in [0.15, 0.2) is 0 Å². The molecule has 2 nitrogen and oxygen atoms in total. The van der Waals surface area contributed by atoms with Gasteiger partial charge < -0.3 is 10.1 Å². The molecular weight excluding hydrogens is 248 g/mol. The van der Waals surface area contributed by atoms with Crippen molar-refractivity contribution in [1.29, 1.82) is 0 Å². The second kappa shape index (κ2) is 6.18. The SMILES string of the molecule is Cc1ccccc1NCCOc1cc(F)cc(F)c1. The van der Waals surface area contributed by atoms with Crippen molar-refractivity contribution < 1.29 is 13.5 Å². The van der Waals surface area contributed by atoms with Gasteiger partial charge in [0.05, 0.1) is 0 Å². The van der Waals surface area contributed by atoms with E-state index in [-0.39, 0.29) is 5.75 Å². The molecule has 0 aromatic heterocycles. The van der Waals surface area contributed by atoms with Crippen LogP contribution in [-0.2, 0) is 0 Å². The van der Waals surface area contributed by atoms with Gasteiger partial charge in [-0.05, 0) is 18.6 Å². The number of anilines is 1. The van der Waals surface area contributed by atoms with Crippen LogP contribution in [0.1, 0.15) is 5.56 Å². The van der Waals surface area contributed by atoms with Gasteiger partial charge in [-0.25, -0.2) is 8.78 Å². The number of hydrogen-bond acceptors (Lipinski definition) is 2. The first-order valence-electron chi connectivity index (χ1n) is 6.03. The predicted molar refractivity (Wildman–Crippen MR) is 71.5 cm³/mol. The van der Waals surface area contributed by atoms with Crippen molar-refractivity contribution in [3.63, 3.8) is 0 Å². The Hall–Kier alpha value is -2.10. The normalized spacial score (nSPS) is 10.3. The van der Waals surface area contributed by atoms with E-state index in [0.29, 0.717) is 13.2 Å². The van der Waals surface area contributed by atoms with Crippen LogP contribution in [0, 0.1) is 18.6 Å². The lowest BCUT2D eigenvalue weighted by Crippen LogP contribution is -2.12. The number of nitrogens with one attached hydrogen (secondary N) is 1. The molecule has 0 bridgehead atoms. The molecule has 0 atom stereocenters. The predicted octanol–water partition coefficient (Wildman–Crippen LogP) is 3.76. The first kappa shape index (κ1) is 13.3. The first-order valence-corrected chi connectivity index (χ1v) is 6.03. The highest BCUT2D eigenvalue weighted by molar-refractivity contribution is 5.50. The Labute approximate surface area is 111 Å². The summed E-state index contributed by atoms with van der Waals surface area (Å²) < 4.78 is 31.1. The van der Waals surface area contributed by atoms with Crippen molar-refractivity contribution in [2.24, 2.45) is 0 Å². The molecule has 4 heteroatoms. The molecular formula is C15H15F2NO. The molecule has 0 amide bonds. The van der Waals surface area contributed by atoms with E-state index in [2.05, 4.69) is 5.32 Å². The van der Waals surface area contributed by atoms with Crippen LogP contribution < -0.4 is 10.1 Å².